The number of nitrogens with zero attached hydrogens (tertiary/aromatic N) is 2. The average molecular weight is 504 g/mol. The van der Waals surface area contributed by atoms with Crippen LogP contribution in [0.15, 0.2) is 48.5 Å². The number of hydrogen-bond acceptors (Lipinski definition) is 6. The van der Waals surface area contributed by atoms with Gasteiger partial charge in [-0.2, -0.15) is 0 Å². The van der Waals surface area contributed by atoms with Gasteiger partial charge in [0.05, 0.1) is 11.9 Å². The monoisotopic (exact) mass is 503 g/mol. The molecular formula is C25H33N3O6S. The molecule has 0 spiro atoms. The van der Waals surface area contributed by atoms with Crippen molar-refractivity contribution in [1.82, 2.24) is 10.2 Å². The van der Waals surface area contributed by atoms with Gasteiger partial charge in [0, 0.05) is 32.1 Å². The number of fused-ring (bicyclic) bond motifs is 1. The molecule has 2 aromatic rings. The van der Waals surface area contributed by atoms with E-state index < -0.39 is 16.1 Å². The second-order valence-corrected chi connectivity index (χ2v) is 10.2. The number of sulfonamides is 1. The number of carbonyl (C=O) groups is 2. The molecule has 3 rings (SSSR count). The van der Waals surface area contributed by atoms with Crippen molar-refractivity contribution in [2.24, 2.45) is 0 Å². The van der Waals surface area contributed by atoms with Crippen LogP contribution in [-0.4, -0.2) is 57.3 Å². The van der Waals surface area contributed by atoms with E-state index in [1.54, 1.807) is 23.1 Å². The van der Waals surface area contributed by atoms with Crippen LogP contribution < -0.4 is 19.1 Å². The third-order valence-corrected chi connectivity index (χ3v) is 6.92. The Labute approximate surface area is 207 Å². The summed E-state index contributed by atoms with van der Waals surface area (Å²) in [5.74, 6) is 0.641. The number of amides is 2. The first-order chi connectivity index (χ1) is 16.7. The first-order valence-corrected chi connectivity index (χ1v) is 13.6. The van der Waals surface area contributed by atoms with Crippen LogP contribution in [0.4, 0.5) is 5.69 Å². The van der Waals surface area contributed by atoms with Crippen LogP contribution in [0.5, 0.6) is 11.5 Å². The minimum atomic E-state index is -3.60. The second kappa shape index (κ2) is 11.9. The summed E-state index contributed by atoms with van der Waals surface area (Å²) >= 11 is 0. The maximum Gasteiger partial charge on any atom is 0.242 e. The number of benzene rings is 2. The fourth-order valence-corrected chi connectivity index (χ4v) is 4.99. The standard InChI is InChI=1S/C25H33N3O6S/c1-4-21(25(30)26-5-2)27(17-19-10-7-6-8-11-19)24(29)12-9-15-28(35(3,31)32)20-13-14-22-23(16-20)34-18-33-22/h6-8,10-11,13-14,16,21H,4-5,9,12,15,17-18H2,1-3H3,(H,26,30). The Morgan fingerprint density at radius 2 is 1.77 bits per heavy atom. The predicted octanol–water partition coefficient (Wildman–Crippen LogP) is 2.91. The fourth-order valence-electron chi connectivity index (χ4n) is 4.04. The average Bonchev–Trinajstić information content (AvgIpc) is 3.29. The third-order valence-electron chi connectivity index (χ3n) is 5.73. The highest BCUT2D eigenvalue weighted by molar-refractivity contribution is 7.92. The molecule has 0 saturated carbocycles. The zero-order chi connectivity index (χ0) is 25.4. The van der Waals surface area contributed by atoms with Gasteiger partial charge in [0.2, 0.25) is 28.6 Å². The van der Waals surface area contributed by atoms with Gasteiger partial charge in [0.15, 0.2) is 11.5 Å². The Bertz CT molecular complexity index is 1120. The number of nitrogens with one attached hydrogen (secondary N) is 1. The van der Waals surface area contributed by atoms with E-state index >= 15 is 0 Å². The van der Waals surface area contributed by atoms with Gasteiger partial charge in [0.25, 0.3) is 0 Å². The SMILES string of the molecule is CCNC(=O)C(CC)N(Cc1ccccc1)C(=O)CCCN(c1ccc2c(c1)OCO2)S(C)(=O)=O. The van der Waals surface area contributed by atoms with E-state index in [2.05, 4.69) is 5.32 Å². The highest BCUT2D eigenvalue weighted by Gasteiger charge is 2.28. The zero-order valence-corrected chi connectivity index (χ0v) is 21.2. The number of hydrogen-bond donors (Lipinski definition) is 1. The molecular weight excluding hydrogens is 470 g/mol. The molecule has 0 fully saturated rings. The minimum Gasteiger partial charge on any atom is -0.454 e. The fraction of sp³-hybridized carbons (Fsp3) is 0.440. The number of rotatable bonds is 12. The van der Waals surface area contributed by atoms with Crippen LogP contribution >= 0.6 is 0 Å². The van der Waals surface area contributed by atoms with Crippen molar-refractivity contribution in [1.29, 1.82) is 0 Å². The molecule has 1 aliphatic heterocycles. The van der Waals surface area contributed by atoms with Crippen molar-refractivity contribution in [3.05, 3.63) is 54.1 Å². The normalized spacial score (nSPS) is 13.2. The molecule has 1 unspecified atom stereocenters. The van der Waals surface area contributed by atoms with Gasteiger partial charge in [-0.1, -0.05) is 37.3 Å². The van der Waals surface area contributed by atoms with Crippen LogP contribution in [0.2, 0.25) is 0 Å². The lowest BCUT2D eigenvalue weighted by Crippen LogP contribution is -2.49. The number of likely N-dealkylation sites (N-methyl/N-ethyl adjacent to an activating group) is 1. The zero-order valence-electron chi connectivity index (χ0n) is 20.4. The molecule has 35 heavy (non-hydrogen) atoms. The predicted molar refractivity (Wildman–Crippen MR) is 134 cm³/mol. The van der Waals surface area contributed by atoms with Gasteiger partial charge in [-0.15, -0.1) is 0 Å². The Hall–Kier alpha value is -3.27. The first-order valence-electron chi connectivity index (χ1n) is 11.7. The largest absolute Gasteiger partial charge is 0.454 e. The lowest BCUT2D eigenvalue weighted by atomic mass is 10.1. The summed E-state index contributed by atoms with van der Waals surface area (Å²) in [5, 5.41) is 2.81. The Morgan fingerprint density at radius 1 is 1.06 bits per heavy atom. The maximum atomic E-state index is 13.3. The minimum absolute atomic E-state index is 0.0909. The summed E-state index contributed by atoms with van der Waals surface area (Å²) in [6.45, 7) is 4.68. The van der Waals surface area contributed by atoms with E-state index in [0.29, 0.717) is 36.7 Å². The lowest BCUT2D eigenvalue weighted by Gasteiger charge is -2.31. The summed E-state index contributed by atoms with van der Waals surface area (Å²) in [7, 11) is -3.60. The molecule has 1 aliphatic rings. The molecule has 0 saturated heterocycles. The first kappa shape index (κ1) is 26.3. The highest BCUT2D eigenvalue weighted by Crippen LogP contribution is 2.36. The van der Waals surface area contributed by atoms with Crippen molar-refractivity contribution >= 4 is 27.5 Å². The quantitative estimate of drug-likeness (QED) is 0.478. The summed E-state index contributed by atoms with van der Waals surface area (Å²) in [6.07, 6.45) is 1.98. The van der Waals surface area contributed by atoms with Gasteiger partial charge in [-0.25, -0.2) is 8.42 Å². The summed E-state index contributed by atoms with van der Waals surface area (Å²) in [6, 6.07) is 13.8. The third kappa shape index (κ3) is 6.88. The van der Waals surface area contributed by atoms with Gasteiger partial charge in [-0.05, 0) is 37.5 Å². The van der Waals surface area contributed by atoms with Gasteiger partial charge < -0.3 is 19.7 Å². The molecule has 2 aromatic carbocycles. The van der Waals surface area contributed by atoms with Gasteiger partial charge in [-0.3, -0.25) is 13.9 Å². The number of ether oxygens (including phenoxy) is 2. The smallest absolute Gasteiger partial charge is 0.242 e. The highest BCUT2D eigenvalue weighted by atomic mass is 32.2. The molecule has 2 amide bonds. The van der Waals surface area contributed by atoms with Crippen LogP contribution in [0.1, 0.15) is 38.7 Å². The Morgan fingerprint density at radius 3 is 2.43 bits per heavy atom. The van der Waals surface area contributed by atoms with Crippen molar-refractivity contribution in [2.75, 3.05) is 30.4 Å². The van der Waals surface area contributed by atoms with Crippen LogP contribution in [-0.2, 0) is 26.2 Å². The molecule has 9 nitrogen and oxygen atoms in total. The summed E-state index contributed by atoms with van der Waals surface area (Å²) in [4.78, 5) is 27.6. The molecule has 1 N–H and O–H groups in total. The number of anilines is 1. The van der Waals surface area contributed by atoms with E-state index in [4.69, 9.17) is 9.47 Å². The van der Waals surface area contributed by atoms with Crippen molar-refractivity contribution in [3.8, 4) is 11.5 Å². The topological polar surface area (TPSA) is 105 Å². The maximum absolute atomic E-state index is 13.3. The van der Waals surface area contributed by atoms with E-state index in [0.717, 1.165) is 11.8 Å². The molecule has 1 heterocycles. The summed E-state index contributed by atoms with van der Waals surface area (Å²) in [5.41, 5.74) is 1.36. The van der Waals surface area contributed by atoms with Crippen LogP contribution in [0.3, 0.4) is 0 Å². The molecule has 1 atom stereocenters. The number of carbonyl (C=O) groups excluding carboxylic acids is 2. The Balaban J connectivity index is 1.73. The Kier molecular flexibility index (Phi) is 8.97. The van der Waals surface area contributed by atoms with Crippen molar-refractivity contribution in [3.63, 3.8) is 0 Å². The van der Waals surface area contributed by atoms with E-state index in [1.165, 1.54) is 4.31 Å². The summed E-state index contributed by atoms with van der Waals surface area (Å²) < 4.78 is 36.9. The van der Waals surface area contributed by atoms with Crippen molar-refractivity contribution in [2.45, 2.75) is 45.7 Å². The molecule has 10 heteroatoms. The molecule has 0 radical (unpaired) electrons. The second-order valence-electron chi connectivity index (χ2n) is 8.30. The van der Waals surface area contributed by atoms with E-state index in [1.807, 2.05) is 44.2 Å². The molecule has 0 aliphatic carbocycles. The van der Waals surface area contributed by atoms with Crippen molar-refractivity contribution < 1.29 is 27.5 Å². The van der Waals surface area contributed by atoms with Gasteiger partial charge in [0.1, 0.15) is 6.04 Å². The molecule has 190 valence electrons. The molecule has 0 aromatic heterocycles. The van der Waals surface area contributed by atoms with Gasteiger partial charge >= 0.3 is 0 Å². The van der Waals surface area contributed by atoms with E-state index in [-0.39, 0.29) is 38.0 Å². The van der Waals surface area contributed by atoms with Crippen LogP contribution in [0.25, 0.3) is 0 Å². The van der Waals surface area contributed by atoms with E-state index in [9.17, 15) is 18.0 Å². The molecule has 0 bridgehead atoms. The lowest BCUT2D eigenvalue weighted by molar-refractivity contribution is -0.141. The van der Waals surface area contributed by atoms with Crippen LogP contribution in [0, 0.1) is 0 Å².